The molecule has 0 aliphatic heterocycles. The Hall–Kier alpha value is -2.87. The summed E-state index contributed by atoms with van der Waals surface area (Å²) in [7, 11) is -7.74. The molecule has 33 heavy (non-hydrogen) atoms. The Bertz CT molecular complexity index is 1350. The van der Waals surface area contributed by atoms with Gasteiger partial charge in [-0.2, -0.15) is 12.7 Å². The molecule has 1 heterocycles. The number of hydrogen-bond acceptors (Lipinski definition) is 8. The quantitative estimate of drug-likeness (QED) is 0.423. The van der Waals surface area contributed by atoms with E-state index in [9.17, 15) is 21.6 Å². The molecule has 0 unspecified atom stereocenters. The van der Waals surface area contributed by atoms with Crippen LogP contribution in [-0.4, -0.2) is 50.3 Å². The fourth-order valence-electron chi connectivity index (χ4n) is 2.93. The lowest BCUT2D eigenvalue weighted by molar-refractivity contribution is 0.102. The summed E-state index contributed by atoms with van der Waals surface area (Å²) in [5.41, 5.74) is 1.48. The summed E-state index contributed by atoms with van der Waals surface area (Å²) in [6.45, 7) is 5.98. The highest BCUT2D eigenvalue weighted by Crippen LogP contribution is 2.24. The van der Waals surface area contributed by atoms with Crippen LogP contribution in [0.3, 0.4) is 0 Å². The van der Waals surface area contributed by atoms with Gasteiger partial charge >= 0.3 is 0 Å². The number of nitrogens with one attached hydrogen (secondary N) is 2. The van der Waals surface area contributed by atoms with E-state index in [1.54, 1.807) is 32.0 Å². The average molecular weight is 510 g/mol. The van der Waals surface area contributed by atoms with Crippen LogP contribution in [0.15, 0.2) is 57.8 Å². The topological polar surface area (TPSA) is 138 Å². The molecule has 0 radical (unpaired) electrons. The van der Waals surface area contributed by atoms with E-state index in [-0.39, 0.29) is 20.1 Å². The lowest BCUT2D eigenvalue weighted by Crippen LogP contribution is -2.30. The number of benzene rings is 2. The standard InChI is InChI=1S/C20H23N5O5S3/c1-4-25(5-2)33(29,30)17-11-9-16(10-12-17)24-32(27,28)20-23-22-19(31-20)21-18(26)15-8-6-7-14(3)13-15/h6-13,24H,4-5H2,1-3H3,(H,21,22,26). The molecule has 176 valence electrons. The van der Waals surface area contributed by atoms with Crippen LogP contribution in [0.25, 0.3) is 0 Å². The van der Waals surface area contributed by atoms with E-state index in [1.807, 2.05) is 13.0 Å². The lowest BCUT2D eigenvalue weighted by Gasteiger charge is -2.18. The third-order valence-corrected chi connectivity index (χ3v) is 9.24. The molecule has 3 rings (SSSR count). The van der Waals surface area contributed by atoms with Gasteiger partial charge in [0.05, 0.1) is 4.90 Å². The molecular weight excluding hydrogens is 486 g/mol. The zero-order valence-corrected chi connectivity index (χ0v) is 20.6. The fraction of sp³-hybridized carbons (Fsp3) is 0.250. The number of amides is 1. The Morgan fingerprint density at radius 3 is 2.27 bits per heavy atom. The van der Waals surface area contributed by atoms with E-state index in [1.165, 1.54) is 28.6 Å². The Labute approximate surface area is 196 Å². The lowest BCUT2D eigenvalue weighted by atomic mass is 10.1. The summed E-state index contributed by atoms with van der Waals surface area (Å²) >= 11 is 0.696. The first-order chi connectivity index (χ1) is 15.6. The SMILES string of the molecule is CCN(CC)S(=O)(=O)c1ccc(NS(=O)(=O)c2nnc(NC(=O)c3cccc(C)c3)s2)cc1. The van der Waals surface area contributed by atoms with Gasteiger partial charge in [0.1, 0.15) is 0 Å². The van der Waals surface area contributed by atoms with Crippen LogP contribution in [0.1, 0.15) is 29.8 Å². The van der Waals surface area contributed by atoms with Crippen LogP contribution in [0.5, 0.6) is 0 Å². The first kappa shape index (κ1) is 24.8. The number of aromatic nitrogens is 2. The maximum absolute atomic E-state index is 12.7. The van der Waals surface area contributed by atoms with Crippen molar-refractivity contribution in [2.75, 3.05) is 23.1 Å². The smallest absolute Gasteiger partial charge is 0.291 e. The fourth-order valence-corrected chi connectivity index (χ4v) is 6.34. The first-order valence-electron chi connectivity index (χ1n) is 9.91. The number of carbonyl (C=O) groups is 1. The summed E-state index contributed by atoms with van der Waals surface area (Å²) in [5, 5.41) is 9.94. The number of hydrogen-bond donors (Lipinski definition) is 2. The van der Waals surface area contributed by atoms with Crippen molar-refractivity contribution in [2.45, 2.75) is 30.0 Å². The van der Waals surface area contributed by atoms with Crippen LogP contribution >= 0.6 is 11.3 Å². The van der Waals surface area contributed by atoms with Gasteiger partial charge in [-0.25, -0.2) is 8.42 Å². The number of nitrogens with zero attached hydrogens (tertiary/aromatic N) is 3. The molecule has 10 nitrogen and oxygen atoms in total. The molecule has 0 bridgehead atoms. The number of sulfonamides is 2. The van der Waals surface area contributed by atoms with Crippen LogP contribution in [0.4, 0.5) is 10.8 Å². The van der Waals surface area contributed by atoms with Gasteiger partial charge in [-0.05, 0) is 43.3 Å². The van der Waals surface area contributed by atoms with Crippen molar-refractivity contribution in [3.63, 3.8) is 0 Å². The van der Waals surface area contributed by atoms with E-state index in [2.05, 4.69) is 20.2 Å². The molecule has 3 aromatic rings. The molecule has 2 N–H and O–H groups in total. The molecule has 0 aliphatic carbocycles. The van der Waals surface area contributed by atoms with Gasteiger partial charge in [-0.3, -0.25) is 14.8 Å². The molecule has 0 spiro atoms. The van der Waals surface area contributed by atoms with Gasteiger partial charge in [0.15, 0.2) is 0 Å². The number of rotatable bonds is 9. The molecule has 0 saturated heterocycles. The predicted octanol–water partition coefficient (Wildman–Crippen LogP) is 2.93. The second-order valence-corrected chi connectivity index (χ2v) is 11.7. The summed E-state index contributed by atoms with van der Waals surface area (Å²) in [6, 6.07) is 12.3. The number of anilines is 2. The molecular formula is C20H23N5O5S3. The summed E-state index contributed by atoms with van der Waals surface area (Å²) < 4.78 is 53.7. The average Bonchev–Trinajstić information content (AvgIpc) is 3.24. The maximum atomic E-state index is 12.7. The van der Waals surface area contributed by atoms with Crippen LogP contribution in [0.2, 0.25) is 0 Å². The normalized spacial score (nSPS) is 12.0. The van der Waals surface area contributed by atoms with Crippen molar-refractivity contribution < 1.29 is 21.6 Å². The highest BCUT2D eigenvalue weighted by Gasteiger charge is 2.24. The molecule has 0 fully saturated rings. The molecule has 13 heteroatoms. The molecule has 0 saturated carbocycles. The van der Waals surface area contributed by atoms with Gasteiger partial charge in [-0.15, -0.1) is 10.2 Å². The zero-order valence-electron chi connectivity index (χ0n) is 18.1. The highest BCUT2D eigenvalue weighted by molar-refractivity contribution is 7.94. The highest BCUT2D eigenvalue weighted by atomic mass is 32.2. The summed E-state index contributed by atoms with van der Waals surface area (Å²) in [4.78, 5) is 12.4. The molecule has 0 aliphatic rings. The van der Waals surface area contributed by atoms with E-state index in [4.69, 9.17) is 0 Å². The molecule has 1 amide bonds. The van der Waals surface area contributed by atoms with Gasteiger partial charge in [-0.1, -0.05) is 42.9 Å². The second kappa shape index (κ2) is 9.95. The van der Waals surface area contributed by atoms with Crippen molar-refractivity contribution in [2.24, 2.45) is 0 Å². The predicted molar refractivity (Wildman–Crippen MR) is 126 cm³/mol. The van der Waals surface area contributed by atoms with Gasteiger partial charge in [0.25, 0.3) is 20.3 Å². The molecule has 2 aromatic carbocycles. The van der Waals surface area contributed by atoms with Crippen LogP contribution < -0.4 is 10.0 Å². The summed E-state index contributed by atoms with van der Waals surface area (Å²) in [5.74, 6) is -0.434. The van der Waals surface area contributed by atoms with Gasteiger partial charge in [0, 0.05) is 24.3 Å². The van der Waals surface area contributed by atoms with E-state index in [0.717, 1.165) is 5.56 Å². The second-order valence-electron chi connectivity index (χ2n) is 6.92. The van der Waals surface area contributed by atoms with Crippen LogP contribution in [-0.2, 0) is 20.0 Å². The van der Waals surface area contributed by atoms with Crippen molar-refractivity contribution in [1.82, 2.24) is 14.5 Å². The largest absolute Gasteiger partial charge is 0.296 e. The van der Waals surface area contributed by atoms with Crippen molar-refractivity contribution in [3.8, 4) is 0 Å². The minimum Gasteiger partial charge on any atom is -0.296 e. The van der Waals surface area contributed by atoms with Crippen molar-refractivity contribution in [3.05, 3.63) is 59.7 Å². The molecule has 1 aromatic heterocycles. The number of carbonyl (C=O) groups excluding carboxylic acids is 1. The Balaban J connectivity index is 1.72. The van der Waals surface area contributed by atoms with Gasteiger partial charge < -0.3 is 0 Å². The molecule has 0 atom stereocenters. The van der Waals surface area contributed by atoms with Crippen molar-refractivity contribution in [1.29, 1.82) is 0 Å². The first-order valence-corrected chi connectivity index (χ1v) is 13.7. The van der Waals surface area contributed by atoms with Gasteiger partial charge in [0.2, 0.25) is 15.2 Å². The van der Waals surface area contributed by atoms with E-state index < -0.39 is 26.0 Å². The Morgan fingerprint density at radius 1 is 1.00 bits per heavy atom. The third kappa shape index (κ3) is 5.74. The Kier molecular flexibility index (Phi) is 7.47. The minimum atomic E-state index is -4.09. The zero-order chi connectivity index (χ0) is 24.2. The third-order valence-electron chi connectivity index (χ3n) is 4.59. The summed E-state index contributed by atoms with van der Waals surface area (Å²) in [6.07, 6.45) is 0. The Morgan fingerprint density at radius 2 is 1.67 bits per heavy atom. The minimum absolute atomic E-state index is 0.0301. The van der Waals surface area contributed by atoms with Crippen molar-refractivity contribution >= 4 is 48.1 Å². The van der Waals surface area contributed by atoms with E-state index >= 15 is 0 Å². The van der Waals surface area contributed by atoms with Crippen LogP contribution in [0, 0.1) is 6.92 Å². The van der Waals surface area contributed by atoms with E-state index in [0.29, 0.717) is 30.0 Å². The monoisotopic (exact) mass is 509 g/mol. The number of aryl methyl sites for hydroxylation is 1. The maximum Gasteiger partial charge on any atom is 0.291 e.